The fourth-order valence-corrected chi connectivity index (χ4v) is 2.84. The van der Waals surface area contributed by atoms with Crippen LogP contribution in [0.5, 0.6) is 11.5 Å². The number of H-pyrrole nitrogens is 1. The number of carbonyl (C=O) groups excluding carboxylic acids is 2. The highest BCUT2D eigenvalue weighted by atomic mass is 35.5. The number of hydrogen-bond acceptors (Lipinski definition) is 5. The second-order valence-corrected chi connectivity index (χ2v) is 7.05. The smallest absolute Gasteiger partial charge is 0.287 e. The minimum Gasteiger partial charge on any atom is -0.493 e. The van der Waals surface area contributed by atoms with Crippen LogP contribution in [0.25, 0.3) is 11.3 Å². The number of amides is 2. The Hall–Kier alpha value is -3.52. The molecule has 0 radical (unpaired) electrons. The normalized spacial score (nSPS) is 10.6. The average Bonchev–Trinajstić information content (AvgIpc) is 3.22. The maximum atomic E-state index is 12.4. The fourth-order valence-electron chi connectivity index (χ4n) is 2.65. The topological polar surface area (TPSA) is 105 Å². The molecule has 0 saturated heterocycles. The van der Waals surface area contributed by atoms with Crippen LogP contribution in [0.3, 0.4) is 0 Å². The van der Waals surface area contributed by atoms with Gasteiger partial charge in [-0.3, -0.25) is 25.5 Å². The first kappa shape index (κ1) is 21.2. The zero-order chi connectivity index (χ0) is 21.7. The maximum Gasteiger partial charge on any atom is 0.287 e. The second-order valence-electron chi connectivity index (χ2n) is 6.62. The lowest BCUT2D eigenvalue weighted by atomic mass is 10.1. The van der Waals surface area contributed by atoms with Gasteiger partial charge in [0, 0.05) is 16.1 Å². The highest BCUT2D eigenvalue weighted by Crippen LogP contribution is 2.29. The van der Waals surface area contributed by atoms with Crippen molar-refractivity contribution in [3.05, 3.63) is 64.8 Å². The summed E-state index contributed by atoms with van der Waals surface area (Å²) < 4.78 is 10.9. The standard InChI is InChI=1S/C21H21ClN4O4/c1-12(2)30-18-8-7-14(10-19(18)29-3)20(27)25-26-21(28)17-11-16(23-24-17)13-5-4-6-15(22)9-13/h4-12H,1-3H3,(H,23,24)(H,25,27)(H,26,28). The second kappa shape index (κ2) is 9.32. The van der Waals surface area contributed by atoms with Gasteiger partial charge in [-0.15, -0.1) is 0 Å². The fraction of sp³-hybridized carbons (Fsp3) is 0.190. The van der Waals surface area contributed by atoms with Crippen LogP contribution in [0.4, 0.5) is 0 Å². The number of benzene rings is 2. The van der Waals surface area contributed by atoms with Gasteiger partial charge >= 0.3 is 0 Å². The van der Waals surface area contributed by atoms with Crippen molar-refractivity contribution in [2.75, 3.05) is 7.11 Å². The average molecular weight is 429 g/mol. The summed E-state index contributed by atoms with van der Waals surface area (Å²) in [7, 11) is 1.49. The Morgan fingerprint density at radius 2 is 1.80 bits per heavy atom. The molecule has 8 nitrogen and oxygen atoms in total. The van der Waals surface area contributed by atoms with Crippen LogP contribution < -0.4 is 20.3 Å². The van der Waals surface area contributed by atoms with Gasteiger partial charge < -0.3 is 9.47 Å². The molecule has 2 aromatic carbocycles. The molecule has 0 atom stereocenters. The third kappa shape index (κ3) is 5.09. The van der Waals surface area contributed by atoms with E-state index in [1.165, 1.54) is 13.2 Å². The molecule has 1 heterocycles. The molecular formula is C21H21ClN4O4. The monoisotopic (exact) mass is 428 g/mol. The first-order valence-corrected chi connectivity index (χ1v) is 9.52. The zero-order valence-corrected chi connectivity index (χ0v) is 17.4. The van der Waals surface area contributed by atoms with Crippen molar-refractivity contribution in [1.29, 1.82) is 0 Å². The Kier molecular flexibility index (Phi) is 6.58. The van der Waals surface area contributed by atoms with E-state index in [0.717, 1.165) is 5.56 Å². The molecule has 0 saturated carbocycles. The minimum atomic E-state index is -0.546. The summed E-state index contributed by atoms with van der Waals surface area (Å²) in [6.45, 7) is 3.78. The number of aromatic nitrogens is 2. The molecule has 3 rings (SSSR count). The van der Waals surface area contributed by atoms with Crippen LogP contribution in [-0.2, 0) is 0 Å². The van der Waals surface area contributed by atoms with Crippen molar-refractivity contribution in [2.45, 2.75) is 20.0 Å². The van der Waals surface area contributed by atoms with E-state index < -0.39 is 11.8 Å². The van der Waals surface area contributed by atoms with Crippen molar-refractivity contribution >= 4 is 23.4 Å². The molecule has 0 unspecified atom stereocenters. The zero-order valence-electron chi connectivity index (χ0n) is 16.7. The van der Waals surface area contributed by atoms with Gasteiger partial charge in [0.25, 0.3) is 11.8 Å². The first-order chi connectivity index (χ1) is 14.4. The van der Waals surface area contributed by atoms with E-state index in [4.69, 9.17) is 21.1 Å². The first-order valence-electron chi connectivity index (χ1n) is 9.14. The summed E-state index contributed by atoms with van der Waals surface area (Å²) in [5.74, 6) is -0.107. The lowest BCUT2D eigenvalue weighted by Crippen LogP contribution is -2.41. The van der Waals surface area contributed by atoms with Crippen molar-refractivity contribution in [2.24, 2.45) is 0 Å². The Morgan fingerprint density at radius 3 is 2.50 bits per heavy atom. The molecule has 30 heavy (non-hydrogen) atoms. The Balaban J connectivity index is 1.64. The van der Waals surface area contributed by atoms with Gasteiger partial charge in [-0.05, 0) is 50.2 Å². The number of methoxy groups -OCH3 is 1. The molecule has 0 aliphatic carbocycles. The minimum absolute atomic E-state index is 0.0379. The van der Waals surface area contributed by atoms with E-state index in [0.29, 0.717) is 27.8 Å². The van der Waals surface area contributed by atoms with Gasteiger partial charge in [0.05, 0.1) is 18.9 Å². The van der Waals surface area contributed by atoms with E-state index in [9.17, 15) is 9.59 Å². The third-order valence-electron chi connectivity index (χ3n) is 4.02. The molecular weight excluding hydrogens is 408 g/mol. The number of hydrazine groups is 1. The highest BCUT2D eigenvalue weighted by molar-refractivity contribution is 6.30. The lowest BCUT2D eigenvalue weighted by molar-refractivity contribution is 0.0843. The number of hydrogen-bond donors (Lipinski definition) is 3. The molecule has 0 aliphatic heterocycles. The molecule has 3 aromatic rings. The molecule has 9 heteroatoms. The van der Waals surface area contributed by atoms with E-state index in [-0.39, 0.29) is 11.8 Å². The van der Waals surface area contributed by atoms with Crippen molar-refractivity contribution in [3.8, 4) is 22.8 Å². The number of nitrogens with zero attached hydrogens (tertiary/aromatic N) is 1. The number of ether oxygens (including phenoxy) is 2. The van der Waals surface area contributed by atoms with Gasteiger partial charge in [-0.1, -0.05) is 23.7 Å². The van der Waals surface area contributed by atoms with Crippen LogP contribution >= 0.6 is 11.6 Å². The van der Waals surface area contributed by atoms with Crippen molar-refractivity contribution in [3.63, 3.8) is 0 Å². The van der Waals surface area contributed by atoms with Gasteiger partial charge in [0.1, 0.15) is 5.69 Å². The summed E-state index contributed by atoms with van der Waals surface area (Å²) in [4.78, 5) is 24.7. The van der Waals surface area contributed by atoms with Gasteiger partial charge in [0.15, 0.2) is 11.5 Å². The quantitative estimate of drug-likeness (QED) is 0.520. The van der Waals surface area contributed by atoms with Crippen LogP contribution in [0.2, 0.25) is 5.02 Å². The van der Waals surface area contributed by atoms with Crippen LogP contribution in [-0.4, -0.2) is 35.2 Å². The number of carbonyl (C=O) groups is 2. The van der Waals surface area contributed by atoms with Crippen LogP contribution in [0, 0.1) is 0 Å². The largest absolute Gasteiger partial charge is 0.493 e. The lowest BCUT2D eigenvalue weighted by Gasteiger charge is -2.14. The maximum absolute atomic E-state index is 12.4. The number of nitrogens with one attached hydrogen (secondary N) is 3. The molecule has 156 valence electrons. The number of aromatic amines is 1. The summed E-state index contributed by atoms with van der Waals surface area (Å²) in [5.41, 5.74) is 6.51. The van der Waals surface area contributed by atoms with Gasteiger partial charge in [-0.2, -0.15) is 5.10 Å². The van der Waals surface area contributed by atoms with E-state index in [1.54, 1.807) is 36.4 Å². The summed E-state index contributed by atoms with van der Waals surface area (Å²) in [5, 5.41) is 7.30. The van der Waals surface area contributed by atoms with E-state index in [2.05, 4.69) is 21.0 Å². The molecule has 0 aliphatic rings. The van der Waals surface area contributed by atoms with Crippen molar-refractivity contribution < 1.29 is 19.1 Å². The van der Waals surface area contributed by atoms with Crippen LogP contribution in [0.1, 0.15) is 34.7 Å². The Labute approximate surface area is 178 Å². The SMILES string of the molecule is COc1cc(C(=O)NNC(=O)c2cc(-c3cccc(Cl)c3)n[nH]2)ccc1OC(C)C. The predicted molar refractivity (Wildman–Crippen MR) is 113 cm³/mol. The van der Waals surface area contributed by atoms with Crippen molar-refractivity contribution in [1.82, 2.24) is 21.0 Å². The molecule has 1 aromatic heterocycles. The van der Waals surface area contributed by atoms with E-state index >= 15 is 0 Å². The molecule has 3 N–H and O–H groups in total. The summed E-state index contributed by atoms with van der Waals surface area (Å²) >= 11 is 5.98. The molecule has 2 amide bonds. The highest BCUT2D eigenvalue weighted by Gasteiger charge is 2.15. The Morgan fingerprint density at radius 1 is 1.03 bits per heavy atom. The molecule has 0 fully saturated rings. The predicted octanol–water partition coefficient (Wildman–Crippen LogP) is 3.60. The summed E-state index contributed by atoms with van der Waals surface area (Å²) in [6, 6.07) is 13.4. The Bertz CT molecular complexity index is 1060. The van der Waals surface area contributed by atoms with E-state index in [1.807, 2.05) is 19.9 Å². The number of halogens is 1. The van der Waals surface area contributed by atoms with Crippen LogP contribution in [0.15, 0.2) is 48.5 Å². The number of rotatable bonds is 6. The third-order valence-corrected chi connectivity index (χ3v) is 4.26. The molecule has 0 spiro atoms. The summed E-state index contributed by atoms with van der Waals surface area (Å²) in [6.07, 6.45) is -0.0379. The van der Waals surface area contributed by atoms with Gasteiger partial charge in [0.2, 0.25) is 0 Å². The van der Waals surface area contributed by atoms with Gasteiger partial charge in [-0.25, -0.2) is 0 Å². The molecule has 0 bridgehead atoms.